The van der Waals surface area contributed by atoms with Gasteiger partial charge in [0.25, 0.3) is 0 Å². The molecule has 0 bridgehead atoms. The van der Waals surface area contributed by atoms with Gasteiger partial charge >= 0.3 is 5.97 Å². The van der Waals surface area contributed by atoms with Crippen molar-refractivity contribution in [2.75, 3.05) is 7.11 Å². The van der Waals surface area contributed by atoms with E-state index in [0.29, 0.717) is 5.57 Å². The summed E-state index contributed by atoms with van der Waals surface area (Å²) >= 11 is 3.24. The number of carbonyl (C=O) groups excluding carboxylic acids is 1. The molecule has 0 aromatic rings. The largest absolute Gasteiger partial charge is 0.466 e. The van der Waals surface area contributed by atoms with Gasteiger partial charge in [-0.3, -0.25) is 0 Å². The van der Waals surface area contributed by atoms with Crippen molar-refractivity contribution in [2.45, 2.75) is 13.8 Å². The highest BCUT2D eigenvalue weighted by Crippen LogP contribution is 2.04. The van der Waals surface area contributed by atoms with Gasteiger partial charge in [0.1, 0.15) is 0 Å². The van der Waals surface area contributed by atoms with E-state index in [1.54, 1.807) is 19.1 Å². The number of hydrogen-bond acceptors (Lipinski definition) is 2. The molecule has 11 heavy (non-hydrogen) atoms. The molecule has 0 rings (SSSR count). The van der Waals surface area contributed by atoms with Gasteiger partial charge in [-0.2, -0.15) is 0 Å². The van der Waals surface area contributed by atoms with Crippen LogP contribution in [-0.2, 0) is 9.53 Å². The van der Waals surface area contributed by atoms with Crippen LogP contribution in [0.15, 0.2) is 22.2 Å². The van der Waals surface area contributed by atoms with Crippen LogP contribution in [0.2, 0.25) is 0 Å². The highest BCUT2D eigenvalue weighted by Gasteiger charge is 1.99. The van der Waals surface area contributed by atoms with Crippen molar-refractivity contribution in [1.29, 1.82) is 0 Å². The summed E-state index contributed by atoms with van der Waals surface area (Å²) in [5.74, 6) is -0.296. The van der Waals surface area contributed by atoms with E-state index in [1.807, 2.05) is 6.92 Å². The Labute approximate surface area is 75.1 Å². The van der Waals surface area contributed by atoms with Crippen molar-refractivity contribution in [3.63, 3.8) is 0 Å². The molecule has 2 nitrogen and oxygen atoms in total. The van der Waals surface area contributed by atoms with Gasteiger partial charge in [-0.05, 0) is 18.3 Å². The SMILES string of the molecule is COC(=O)/C(C)=C/C=C(\C)Br. The fourth-order valence-electron chi connectivity index (χ4n) is 0.469. The van der Waals surface area contributed by atoms with Crippen LogP contribution in [0.25, 0.3) is 0 Å². The number of methoxy groups -OCH3 is 1. The van der Waals surface area contributed by atoms with E-state index in [2.05, 4.69) is 20.7 Å². The van der Waals surface area contributed by atoms with E-state index >= 15 is 0 Å². The smallest absolute Gasteiger partial charge is 0.333 e. The third kappa shape index (κ3) is 4.79. The average molecular weight is 219 g/mol. The molecule has 0 aromatic heterocycles. The fourth-order valence-corrected chi connectivity index (χ4v) is 0.601. The lowest BCUT2D eigenvalue weighted by molar-refractivity contribution is -0.136. The van der Waals surface area contributed by atoms with Crippen LogP contribution in [0, 0.1) is 0 Å². The van der Waals surface area contributed by atoms with Crippen molar-refractivity contribution in [3.05, 3.63) is 22.2 Å². The first kappa shape index (κ1) is 10.4. The van der Waals surface area contributed by atoms with E-state index in [-0.39, 0.29) is 5.97 Å². The van der Waals surface area contributed by atoms with E-state index in [9.17, 15) is 4.79 Å². The first-order valence-corrected chi connectivity index (χ1v) is 3.96. The molecule has 0 radical (unpaired) electrons. The second kappa shape index (κ2) is 5.13. The highest BCUT2D eigenvalue weighted by atomic mass is 79.9. The Morgan fingerprint density at radius 2 is 1.91 bits per heavy atom. The lowest BCUT2D eigenvalue weighted by Gasteiger charge is -1.95. The standard InChI is InChI=1S/C8H11BrO2/c1-6(8(10)11-3)4-5-7(2)9/h4-5H,1-3H3/b6-4+,7-5+. The van der Waals surface area contributed by atoms with Crippen molar-refractivity contribution in [1.82, 2.24) is 0 Å². The van der Waals surface area contributed by atoms with E-state index in [1.165, 1.54) is 7.11 Å². The van der Waals surface area contributed by atoms with Gasteiger partial charge in [0.15, 0.2) is 0 Å². The Balaban J connectivity index is 4.23. The Morgan fingerprint density at radius 1 is 1.36 bits per heavy atom. The third-order valence-electron chi connectivity index (χ3n) is 1.07. The molecule has 0 saturated heterocycles. The van der Waals surface area contributed by atoms with Gasteiger partial charge in [0, 0.05) is 5.57 Å². The molecule has 0 aliphatic carbocycles. The molecular formula is C8H11BrO2. The van der Waals surface area contributed by atoms with Gasteiger partial charge in [-0.15, -0.1) is 0 Å². The third-order valence-corrected chi connectivity index (χ3v) is 1.33. The second-order valence-corrected chi connectivity index (χ2v) is 3.35. The molecule has 0 aromatic carbocycles. The fraction of sp³-hybridized carbons (Fsp3) is 0.375. The van der Waals surface area contributed by atoms with Crippen molar-refractivity contribution in [3.8, 4) is 0 Å². The summed E-state index contributed by atoms with van der Waals surface area (Å²) in [7, 11) is 1.37. The van der Waals surface area contributed by atoms with Crippen LogP contribution < -0.4 is 0 Å². The monoisotopic (exact) mass is 218 g/mol. The molecular weight excluding hydrogens is 208 g/mol. The minimum absolute atomic E-state index is 0.296. The second-order valence-electron chi connectivity index (χ2n) is 2.09. The lowest BCUT2D eigenvalue weighted by atomic mass is 10.3. The molecule has 0 aliphatic rings. The summed E-state index contributed by atoms with van der Waals surface area (Å²) in [4.78, 5) is 10.8. The molecule has 62 valence electrons. The molecule has 0 heterocycles. The van der Waals surface area contributed by atoms with Crippen LogP contribution in [0.4, 0.5) is 0 Å². The molecule has 0 N–H and O–H groups in total. The topological polar surface area (TPSA) is 26.3 Å². The van der Waals surface area contributed by atoms with Crippen LogP contribution in [0.5, 0.6) is 0 Å². The number of ether oxygens (including phenoxy) is 1. The summed E-state index contributed by atoms with van der Waals surface area (Å²) in [6.45, 7) is 3.60. The van der Waals surface area contributed by atoms with Crippen LogP contribution >= 0.6 is 15.9 Å². The van der Waals surface area contributed by atoms with Gasteiger partial charge in [-0.1, -0.05) is 28.1 Å². The zero-order valence-electron chi connectivity index (χ0n) is 6.85. The summed E-state index contributed by atoms with van der Waals surface area (Å²) in [5, 5.41) is 0. The molecule has 0 saturated carbocycles. The number of allylic oxidation sites excluding steroid dienone is 3. The Bertz CT molecular complexity index is 200. The lowest BCUT2D eigenvalue weighted by Crippen LogP contribution is -2.00. The molecule has 0 unspecified atom stereocenters. The minimum atomic E-state index is -0.296. The van der Waals surface area contributed by atoms with Crippen LogP contribution in [0.1, 0.15) is 13.8 Å². The van der Waals surface area contributed by atoms with Gasteiger partial charge in [-0.25, -0.2) is 4.79 Å². The van der Waals surface area contributed by atoms with E-state index in [0.717, 1.165) is 4.48 Å². The maximum atomic E-state index is 10.8. The van der Waals surface area contributed by atoms with Gasteiger partial charge < -0.3 is 4.74 Å². The maximum Gasteiger partial charge on any atom is 0.333 e. The Hall–Kier alpha value is -0.570. The van der Waals surface area contributed by atoms with Crippen molar-refractivity contribution < 1.29 is 9.53 Å². The quantitative estimate of drug-likeness (QED) is 0.405. The van der Waals surface area contributed by atoms with Gasteiger partial charge in [0.2, 0.25) is 0 Å². The number of rotatable bonds is 2. The zero-order chi connectivity index (χ0) is 8.85. The zero-order valence-corrected chi connectivity index (χ0v) is 8.44. The number of halogens is 1. The first-order valence-electron chi connectivity index (χ1n) is 3.17. The highest BCUT2D eigenvalue weighted by molar-refractivity contribution is 9.11. The number of hydrogen-bond donors (Lipinski definition) is 0. The number of esters is 1. The molecule has 3 heteroatoms. The average Bonchev–Trinajstić information content (AvgIpc) is 1.98. The Morgan fingerprint density at radius 3 is 2.27 bits per heavy atom. The molecule has 0 amide bonds. The van der Waals surface area contributed by atoms with Crippen LogP contribution in [-0.4, -0.2) is 13.1 Å². The number of carbonyl (C=O) groups is 1. The van der Waals surface area contributed by atoms with E-state index < -0.39 is 0 Å². The van der Waals surface area contributed by atoms with Crippen molar-refractivity contribution in [2.24, 2.45) is 0 Å². The summed E-state index contributed by atoms with van der Waals surface area (Å²) < 4.78 is 5.47. The van der Waals surface area contributed by atoms with Crippen molar-refractivity contribution >= 4 is 21.9 Å². The van der Waals surface area contributed by atoms with Gasteiger partial charge in [0.05, 0.1) is 7.11 Å². The maximum absolute atomic E-state index is 10.8. The normalized spacial score (nSPS) is 13.1. The van der Waals surface area contributed by atoms with E-state index in [4.69, 9.17) is 0 Å². The minimum Gasteiger partial charge on any atom is -0.466 e. The van der Waals surface area contributed by atoms with Crippen LogP contribution in [0.3, 0.4) is 0 Å². The first-order chi connectivity index (χ1) is 5.07. The molecule has 0 aliphatic heterocycles. The summed E-state index contributed by atoms with van der Waals surface area (Å²) in [6, 6.07) is 0. The predicted octanol–water partition coefficient (Wildman–Crippen LogP) is 2.40. The molecule has 0 fully saturated rings. The Kier molecular flexibility index (Phi) is 4.86. The molecule has 0 spiro atoms. The molecule has 0 atom stereocenters. The summed E-state index contributed by atoms with van der Waals surface area (Å²) in [6.07, 6.45) is 3.50. The summed E-state index contributed by atoms with van der Waals surface area (Å²) in [5.41, 5.74) is 0.589. The predicted molar refractivity (Wildman–Crippen MR) is 48.5 cm³/mol.